The lowest BCUT2D eigenvalue weighted by Crippen LogP contribution is -2.29. The van der Waals surface area contributed by atoms with Crippen molar-refractivity contribution in [3.63, 3.8) is 0 Å². The van der Waals surface area contributed by atoms with E-state index in [2.05, 4.69) is 6.58 Å². The van der Waals surface area contributed by atoms with Gasteiger partial charge >= 0.3 is 5.97 Å². The molecule has 18 heavy (non-hydrogen) atoms. The Labute approximate surface area is 111 Å². The Morgan fingerprint density at radius 2 is 2.33 bits per heavy atom. The van der Waals surface area contributed by atoms with E-state index in [1.807, 2.05) is 6.07 Å². The molecule has 94 valence electrons. The molecule has 1 N–H and O–H groups in total. The average Bonchev–Trinajstić information content (AvgIpc) is 2.31. The number of nitrogens with zero attached hydrogens (tertiary/aromatic N) is 2. The number of carbonyl (C=O) groups is 1. The molecule has 0 bridgehead atoms. The molecular formula is C13H13ClN2O2. The molecule has 0 saturated heterocycles. The highest BCUT2D eigenvalue weighted by Gasteiger charge is 2.11. The van der Waals surface area contributed by atoms with Gasteiger partial charge in [0.05, 0.1) is 18.2 Å². The smallest absolute Gasteiger partial charge is 0.317 e. The van der Waals surface area contributed by atoms with Gasteiger partial charge in [-0.2, -0.15) is 5.26 Å². The van der Waals surface area contributed by atoms with Crippen molar-refractivity contribution in [2.24, 2.45) is 0 Å². The van der Waals surface area contributed by atoms with E-state index in [0.717, 1.165) is 5.56 Å². The lowest BCUT2D eigenvalue weighted by atomic mass is 10.1. The van der Waals surface area contributed by atoms with Crippen molar-refractivity contribution < 1.29 is 9.90 Å². The Bertz CT molecular complexity index is 494. The maximum Gasteiger partial charge on any atom is 0.317 e. The first-order chi connectivity index (χ1) is 8.56. The number of hydrogen-bond acceptors (Lipinski definition) is 3. The van der Waals surface area contributed by atoms with Gasteiger partial charge in [-0.1, -0.05) is 23.7 Å². The quantitative estimate of drug-likeness (QED) is 0.801. The van der Waals surface area contributed by atoms with Crippen LogP contribution in [0.1, 0.15) is 11.1 Å². The molecular weight excluding hydrogens is 252 g/mol. The third kappa shape index (κ3) is 4.21. The van der Waals surface area contributed by atoms with Crippen molar-refractivity contribution in [1.29, 1.82) is 5.26 Å². The summed E-state index contributed by atoms with van der Waals surface area (Å²) < 4.78 is 0. The van der Waals surface area contributed by atoms with Crippen molar-refractivity contribution >= 4 is 17.6 Å². The number of halogens is 1. The van der Waals surface area contributed by atoms with Gasteiger partial charge in [-0.15, -0.1) is 6.58 Å². The van der Waals surface area contributed by atoms with Crippen LogP contribution in [0, 0.1) is 11.3 Å². The maximum absolute atomic E-state index is 10.7. The molecule has 0 aliphatic carbocycles. The highest BCUT2D eigenvalue weighted by Crippen LogP contribution is 2.19. The van der Waals surface area contributed by atoms with E-state index in [9.17, 15) is 4.79 Å². The zero-order valence-electron chi connectivity index (χ0n) is 9.77. The number of carboxylic acid groups (broad SMARTS) is 1. The molecule has 1 aromatic carbocycles. The Balaban J connectivity index is 2.83. The summed E-state index contributed by atoms with van der Waals surface area (Å²) in [5.74, 6) is -0.901. The molecule has 1 rings (SSSR count). The van der Waals surface area contributed by atoms with E-state index in [1.54, 1.807) is 29.2 Å². The molecule has 0 saturated carbocycles. The third-order valence-electron chi connectivity index (χ3n) is 2.32. The van der Waals surface area contributed by atoms with E-state index in [-0.39, 0.29) is 6.54 Å². The molecule has 5 heteroatoms. The molecule has 0 spiro atoms. The van der Waals surface area contributed by atoms with Gasteiger partial charge in [0.25, 0.3) is 0 Å². The first-order valence-corrected chi connectivity index (χ1v) is 5.68. The molecule has 0 fully saturated rings. The van der Waals surface area contributed by atoms with Crippen LogP contribution in [0.3, 0.4) is 0 Å². The molecule has 0 radical (unpaired) electrons. The normalized spacial score (nSPS) is 10.1. The van der Waals surface area contributed by atoms with Crippen LogP contribution in [0.15, 0.2) is 30.9 Å². The number of nitriles is 1. The van der Waals surface area contributed by atoms with E-state index in [0.29, 0.717) is 23.7 Å². The van der Waals surface area contributed by atoms with Crippen LogP contribution < -0.4 is 0 Å². The van der Waals surface area contributed by atoms with Gasteiger partial charge in [-0.3, -0.25) is 9.69 Å². The monoisotopic (exact) mass is 264 g/mol. The summed E-state index contributed by atoms with van der Waals surface area (Å²) in [5, 5.41) is 18.0. The second kappa shape index (κ2) is 6.80. The zero-order chi connectivity index (χ0) is 13.5. The standard InChI is InChI=1S/C13H13ClN2O2/c1-2-5-16(9-13(17)18)8-11-4-3-10(7-15)6-12(11)14/h2-4,6H,1,5,8-9H2,(H,17,18). The molecule has 0 unspecified atom stereocenters. The fourth-order valence-electron chi connectivity index (χ4n) is 1.54. The molecule has 0 amide bonds. The van der Waals surface area contributed by atoms with Gasteiger partial charge in [-0.25, -0.2) is 0 Å². The zero-order valence-corrected chi connectivity index (χ0v) is 10.5. The molecule has 4 nitrogen and oxygen atoms in total. The van der Waals surface area contributed by atoms with Gasteiger partial charge in [0, 0.05) is 18.1 Å². The van der Waals surface area contributed by atoms with Crippen LogP contribution in [-0.2, 0) is 11.3 Å². The first-order valence-electron chi connectivity index (χ1n) is 5.30. The number of benzene rings is 1. The lowest BCUT2D eigenvalue weighted by Gasteiger charge is -2.19. The second-order valence-corrected chi connectivity index (χ2v) is 4.18. The minimum atomic E-state index is -0.901. The fraction of sp³-hybridized carbons (Fsp3) is 0.231. The topological polar surface area (TPSA) is 64.3 Å². The van der Waals surface area contributed by atoms with Gasteiger partial charge in [0.15, 0.2) is 0 Å². The van der Waals surface area contributed by atoms with Crippen LogP contribution in [0.2, 0.25) is 5.02 Å². The summed E-state index contributed by atoms with van der Waals surface area (Å²) in [6, 6.07) is 6.97. The SMILES string of the molecule is C=CCN(CC(=O)O)Cc1ccc(C#N)cc1Cl. The predicted octanol–water partition coefficient (Wildman–Crippen LogP) is 2.28. The number of hydrogen-bond donors (Lipinski definition) is 1. The third-order valence-corrected chi connectivity index (χ3v) is 2.67. The van der Waals surface area contributed by atoms with Gasteiger partial charge in [0.1, 0.15) is 0 Å². The Hall–Kier alpha value is -1.83. The minimum absolute atomic E-state index is 0.0810. The fourth-order valence-corrected chi connectivity index (χ4v) is 1.79. The molecule has 1 aromatic rings. The molecule has 0 aliphatic rings. The Kier molecular flexibility index (Phi) is 5.37. The van der Waals surface area contributed by atoms with Crippen LogP contribution in [0.5, 0.6) is 0 Å². The number of rotatable bonds is 6. The van der Waals surface area contributed by atoms with E-state index >= 15 is 0 Å². The highest BCUT2D eigenvalue weighted by molar-refractivity contribution is 6.31. The van der Waals surface area contributed by atoms with E-state index < -0.39 is 5.97 Å². The van der Waals surface area contributed by atoms with Crippen LogP contribution in [0.4, 0.5) is 0 Å². The van der Waals surface area contributed by atoms with Gasteiger partial charge in [-0.05, 0) is 17.7 Å². The molecule has 0 aromatic heterocycles. The summed E-state index contributed by atoms with van der Waals surface area (Å²) in [4.78, 5) is 12.4. The van der Waals surface area contributed by atoms with Crippen molar-refractivity contribution in [2.75, 3.05) is 13.1 Å². The molecule has 0 aliphatic heterocycles. The van der Waals surface area contributed by atoms with Crippen molar-refractivity contribution in [2.45, 2.75) is 6.54 Å². The van der Waals surface area contributed by atoms with Gasteiger partial charge in [0.2, 0.25) is 0 Å². The van der Waals surface area contributed by atoms with Crippen LogP contribution >= 0.6 is 11.6 Å². The summed E-state index contributed by atoms with van der Waals surface area (Å²) in [7, 11) is 0. The lowest BCUT2D eigenvalue weighted by molar-refractivity contribution is -0.138. The number of carboxylic acids is 1. The maximum atomic E-state index is 10.7. The van der Waals surface area contributed by atoms with E-state index in [4.69, 9.17) is 22.0 Å². The highest BCUT2D eigenvalue weighted by atomic mass is 35.5. The average molecular weight is 265 g/mol. The molecule has 0 atom stereocenters. The second-order valence-electron chi connectivity index (χ2n) is 3.77. The predicted molar refractivity (Wildman–Crippen MR) is 69.3 cm³/mol. The largest absolute Gasteiger partial charge is 0.480 e. The van der Waals surface area contributed by atoms with Crippen LogP contribution in [-0.4, -0.2) is 29.1 Å². The first kappa shape index (κ1) is 14.2. The number of aliphatic carboxylic acids is 1. The summed E-state index contributed by atoms with van der Waals surface area (Å²) in [6.45, 7) is 4.37. The van der Waals surface area contributed by atoms with Crippen LogP contribution in [0.25, 0.3) is 0 Å². The summed E-state index contributed by atoms with van der Waals surface area (Å²) >= 11 is 6.04. The van der Waals surface area contributed by atoms with Crippen molar-refractivity contribution in [1.82, 2.24) is 4.90 Å². The van der Waals surface area contributed by atoms with Crippen molar-refractivity contribution in [3.8, 4) is 6.07 Å². The van der Waals surface area contributed by atoms with E-state index in [1.165, 1.54) is 0 Å². The minimum Gasteiger partial charge on any atom is -0.480 e. The van der Waals surface area contributed by atoms with Gasteiger partial charge < -0.3 is 5.11 Å². The molecule has 0 heterocycles. The summed E-state index contributed by atoms with van der Waals surface area (Å²) in [6.07, 6.45) is 1.64. The Morgan fingerprint density at radius 3 is 2.83 bits per heavy atom. The Morgan fingerprint density at radius 1 is 1.61 bits per heavy atom. The summed E-state index contributed by atoms with van der Waals surface area (Å²) in [5.41, 5.74) is 1.27. The van der Waals surface area contributed by atoms with Crippen molar-refractivity contribution in [3.05, 3.63) is 47.0 Å².